The molecule has 2 atom stereocenters. The number of benzene rings is 1. The second-order valence-electron chi connectivity index (χ2n) is 5.65. The highest BCUT2D eigenvalue weighted by Crippen LogP contribution is 2.18. The number of nitrogens with zero attached hydrogens (tertiary/aromatic N) is 1. The number of carboxylic acid groups (broad SMARTS) is 1. The van der Waals surface area contributed by atoms with E-state index in [1.54, 1.807) is 17.0 Å². The summed E-state index contributed by atoms with van der Waals surface area (Å²) in [5, 5.41) is 14.1. The molecule has 1 heterocycles. The molecule has 3 amide bonds. The van der Waals surface area contributed by atoms with Crippen molar-refractivity contribution in [3.63, 3.8) is 0 Å². The van der Waals surface area contributed by atoms with Crippen molar-refractivity contribution in [3.8, 4) is 0 Å². The molecule has 2 rings (SSSR count). The van der Waals surface area contributed by atoms with E-state index in [0.717, 1.165) is 0 Å². The van der Waals surface area contributed by atoms with Crippen LogP contribution < -0.4 is 10.6 Å². The van der Waals surface area contributed by atoms with E-state index in [4.69, 9.17) is 5.11 Å². The Balaban J connectivity index is 1.91. The highest BCUT2D eigenvalue weighted by Gasteiger charge is 2.29. The van der Waals surface area contributed by atoms with Crippen molar-refractivity contribution in [2.45, 2.75) is 25.8 Å². The average molecular weight is 319 g/mol. The Kier molecular flexibility index (Phi) is 5.56. The van der Waals surface area contributed by atoms with Gasteiger partial charge in [0.15, 0.2) is 0 Å². The molecule has 23 heavy (non-hydrogen) atoms. The number of hydrogen-bond donors (Lipinski definition) is 3. The third-order valence-electron chi connectivity index (χ3n) is 3.83. The summed E-state index contributed by atoms with van der Waals surface area (Å²) in [5.74, 6) is -1.78. The van der Waals surface area contributed by atoms with Gasteiger partial charge in [-0.25, -0.2) is 4.79 Å². The van der Waals surface area contributed by atoms with Crippen LogP contribution in [0.3, 0.4) is 0 Å². The minimum absolute atomic E-state index is 0.250. The predicted molar refractivity (Wildman–Crippen MR) is 85.0 cm³/mol. The fourth-order valence-corrected chi connectivity index (χ4v) is 2.49. The summed E-state index contributed by atoms with van der Waals surface area (Å²) >= 11 is 0. The average Bonchev–Trinajstić information content (AvgIpc) is 2.55. The zero-order valence-electron chi connectivity index (χ0n) is 13.0. The van der Waals surface area contributed by atoms with E-state index in [1.165, 1.54) is 6.92 Å². The van der Waals surface area contributed by atoms with E-state index < -0.39 is 12.0 Å². The quantitative estimate of drug-likeness (QED) is 0.783. The van der Waals surface area contributed by atoms with Crippen LogP contribution in [-0.2, 0) is 9.59 Å². The Labute approximate surface area is 134 Å². The van der Waals surface area contributed by atoms with Crippen LogP contribution in [0.2, 0.25) is 0 Å². The van der Waals surface area contributed by atoms with Crippen LogP contribution in [0.15, 0.2) is 30.3 Å². The topological polar surface area (TPSA) is 98.7 Å². The second-order valence-corrected chi connectivity index (χ2v) is 5.65. The van der Waals surface area contributed by atoms with E-state index in [2.05, 4.69) is 10.6 Å². The summed E-state index contributed by atoms with van der Waals surface area (Å²) in [4.78, 5) is 36.8. The number of anilines is 1. The first kappa shape index (κ1) is 16.8. The number of para-hydroxylation sites is 1. The molecule has 1 saturated heterocycles. The van der Waals surface area contributed by atoms with Crippen LogP contribution in [0.1, 0.15) is 19.8 Å². The Hall–Kier alpha value is -2.57. The zero-order valence-corrected chi connectivity index (χ0v) is 13.0. The lowest BCUT2D eigenvalue weighted by Crippen LogP contribution is -2.49. The smallest absolute Gasteiger partial charge is 0.325 e. The van der Waals surface area contributed by atoms with Gasteiger partial charge < -0.3 is 20.6 Å². The number of hydrogen-bond acceptors (Lipinski definition) is 3. The third kappa shape index (κ3) is 4.70. The van der Waals surface area contributed by atoms with Crippen LogP contribution in [0.5, 0.6) is 0 Å². The molecule has 1 aliphatic rings. The molecule has 1 aromatic rings. The van der Waals surface area contributed by atoms with E-state index in [-0.39, 0.29) is 24.4 Å². The summed E-state index contributed by atoms with van der Waals surface area (Å²) in [6.45, 7) is 2.29. The van der Waals surface area contributed by atoms with Crippen LogP contribution in [0.4, 0.5) is 10.5 Å². The van der Waals surface area contributed by atoms with Gasteiger partial charge in [0.25, 0.3) is 0 Å². The molecule has 7 heteroatoms. The van der Waals surface area contributed by atoms with Gasteiger partial charge in [0, 0.05) is 18.8 Å². The first-order valence-electron chi connectivity index (χ1n) is 7.61. The molecular formula is C16H21N3O4. The Morgan fingerprint density at radius 1 is 1.26 bits per heavy atom. The lowest BCUT2D eigenvalue weighted by Gasteiger charge is -2.32. The lowest BCUT2D eigenvalue weighted by atomic mass is 9.97. The third-order valence-corrected chi connectivity index (χ3v) is 3.83. The fraction of sp³-hybridized carbons (Fsp3) is 0.438. The summed E-state index contributed by atoms with van der Waals surface area (Å²) < 4.78 is 0. The van der Waals surface area contributed by atoms with Gasteiger partial charge in [0.1, 0.15) is 6.04 Å². The van der Waals surface area contributed by atoms with Crippen molar-refractivity contribution >= 4 is 23.6 Å². The van der Waals surface area contributed by atoms with Crippen LogP contribution in [0.25, 0.3) is 0 Å². The zero-order chi connectivity index (χ0) is 16.8. The molecule has 3 N–H and O–H groups in total. The molecule has 0 radical (unpaired) electrons. The van der Waals surface area contributed by atoms with Crippen molar-refractivity contribution < 1.29 is 19.5 Å². The standard InChI is InChI=1S/C16H21N3O4/c1-11(15(21)22)17-14(20)12-6-5-9-19(10-12)16(23)18-13-7-3-2-4-8-13/h2-4,7-8,11-12H,5-6,9-10H2,1H3,(H,17,20)(H,18,23)(H,21,22)/t11-,12?/m0/s1. The molecule has 1 unspecified atom stereocenters. The lowest BCUT2D eigenvalue weighted by molar-refractivity contribution is -0.142. The van der Waals surface area contributed by atoms with Gasteiger partial charge in [0.2, 0.25) is 5.91 Å². The number of amides is 3. The highest BCUT2D eigenvalue weighted by molar-refractivity contribution is 5.90. The highest BCUT2D eigenvalue weighted by atomic mass is 16.4. The molecule has 1 aliphatic heterocycles. The van der Waals surface area contributed by atoms with Gasteiger partial charge in [0.05, 0.1) is 5.92 Å². The second kappa shape index (κ2) is 7.62. The SMILES string of the molecule is C[C@H](NC(=O)C1CCCN(C(=O)Nc2ccccc2)C1)C(=O)O. The Morgan fingerprint density at radius 3 is 2.61 bits per heavy atom. The van der Waals surface area contributed by atoms with E-state index in [0.29, 0.717) is 25.1 Å². The van der Waals surface area contributed by atoms with E-state index in [9.17, 15) is 14.4 Å². The van der Waals surface area contributed by atoms with Crippen molar-refractivity contribution in [1.29, 1.82) is 0 Å². The monoisotopic (exact) mass is 319 g/mol. The van der Waals surface area contributed by atoms with Gasteiger partial charge >= 0.3 is 12.0 Å². The van der Waals surface area contributed by atoms with Crippen molar-refractivity contribution in [2.75, 3.05) is 18.4 Å². The van der Waals surface area contributed by atoms with E-state index >= 15 is 0 Å². The Bertz CT molecular complexity index is 576. The van der Waals surface area contributed by atoms with Crippen LogP contribution in [0, 0.1) is 5.92 Å². The number of urea groups is 1. The van der Waals surface area contributed by atoms with Gasteiger partial charge in [-0.3, -0.25) is 9.59 Å². The van der Waals surface area contributed by atoms with Gasteiger partial charge in [-0.1, -0.05) is 18.2 Å². The maximum Gasteiger partial charge on any atom is 0.325 e. The minimum Gasteiger partial charge on any atom is -0.480 e. The molecule has 1 aromatic carbocycles. The Morgan fingerprint density at radius 2 is 1.96 bits per heavy atom. The number of nitrogens with one attached hydrogen (secondary N) is 2. The fourth-order valence-electron chi connectivity index (χ4n) is 2.49. The number of carbonyl (C=O) groups excluding carboxylic acids is 2. The molecule has 0 aliphatic carbocycles. The van der Waals surface area contributed by atoms with Crippen molar-refractivity contribution in [1.82, 2.24) is 10.2 Å². The number of likely N-dealkylation sites (tertiary alicyclic amines) is 1. The van der Waals surface area contributed by atoms with Gasteiger partial charge in [-0.05, 0) is 31.9 Å². The van der Waals surface area contributed by atoms with Gasteiger partial charge in [-0.2, -0.15) is 0 Å². The molecule has 0 bridgehead atoms. The number of carbonyl (C=O) groups is 3. The largest absolute Gasteiger partial charge is 0.480 e. The molecule has 124 valence electrons. The number of piperidine rings is 1. The molecule has 1 fully saturated rings. The molecule has 0 spiro atoms. The molecular weight excluding hydrogens is 298 g/mol. The van der Waals surface area contributed by atoms with E-state index in [1.807, 2.05) is 18.2 Å². The normalized spacial score (nSPS) is 18.8. The summed E-state index contributed by atoms with van der Waals surface area (Å²) in [6.07, 6.45) is 1.36. The summed E-state index contributed by atoms with van der Waals surface area (Å²) in [7, 11) is 0. The predicted octanol–water partition coefficient (Wildman–Crippen LogP) is 1.52. The minimum atomic E-state index is -1.08. The number of carboxylic acids is 1. The van der Waals surface area contributed by atoms with Gasteiger partial charge in [-0.15, -0.1) is 0 Å². The summed E-state index contributed by atoms with van der Waals surface area (Å²) in [5.41, 5.74) is 0.698. The number of rotatable bonds is 4. The maximum atomic E-state index is 12.3. The molecule has 7 nitrogen and oxygen atoms in total. The van der Waals surface area contributed by atoms with Crippen LogP contribution >= 0.6 is 0 Å². The maximum absolute atomic E-state index is 12.3. The summed E-state index contributed by atoms with van der Waals surface area (Å²) in [6, 6.07) is 7.92. The first-order valence-corrected chi connectivity index (χ1v) is 7.61. The van der Waals surface area contributed by atoms with Crippen molar-refractivity contribution in [3.05, 3.63) is 30.3 Å². The molecule has 0 saturated carbocycles. The van der Waals surface area contributed by atoms with Crippen LogP contribution in [-0.4, -0.2) is 47.0 Å². The number of aliphatic carboxylic acids is 1. The first-order chi connectivity index (χ1) is 11.0. The molecule has 0 aromatic heterocycles. The van der Waals surface area contributed by atoms with Crippen molar-refractivity contribution in [2.24, 2.45) is 5.92 Å².